The summed E-state index contributed by atoms with van der Waals surface area (Å²) >= 11 is 0. The van der Waals surface area contributed by atoms with Gasteiger partial charge in [-0.2, -0.15) is 0 Å². The smallest absolute Gasteiger partial charge is 0.338 e. The van der Waals surface area contributed by atoms with E-state index in [1.165, 1.54) is 26.4 Å². The van der Waals surface area contributed by atoms with Gasteiger partial charge in [0, 0.05) is 5.56 Å². The van der Waals surface area contributed by atoms with Crippen LogP contribution in [0.5, 0.6) is 11.5 Å². The van der Waals surface area contributed by atoms with Gasteiger partial charge in [-0.25, -0.2) is 9.59 Å². The van der Waals surface area contributed by atoms with Crippen LogP contribution in [0.25, 0.3) is 0 Å². The number of carbonyl (C=O) groups excluding carboxylic acids is 4. The molecule has 0 saturated heterocycles. The molecule has 190 valence electrons. The van der Waals surface area contributed by atoms with Crippen LogP contribution in [0.1, 0.15) is 28.9 Å². The van der Waals surface area contributed by atoms with E-state index in [4.69, 9.17) is 18.9 Å². The quantitative estimate of drug-likeness (QED) is 0.423. The number of hydrogen-bond acceptors (Lipinski definition) is 8. The fourth-order valence-corrected chi connectivity index (χ4v) is 3.51. The number of benzene rings is 2. The molecule has 1 aliphatic rings. The van der Waals surface area contributed by atoms with Gasteiger partial charge in [-0.05, 0) is 30.7 Å². The SMILES string of the molecule is CCOC(=O)C1=C(COC(=O)CNC(=O)c2ccc(OC)c(OC)c2)NC(=O)NC1c1ccccc1. The van der Waals surface area contributed by atoms with Crippen molar-refractivity contribution >= 4 is 23.9 Å². The normalized spacial score (nSPS) is 14.8. The Kier molecular flexibility index (Phi) is 8.87. The number of amides is 3. The molecule has 11 heteroatoms. The van der Waals surface area contributed by atoms with E-state index in [2.05, 4.69) is 16.0 Å². The van der Waals surface area contributed by atoms with E-state index in [0.29, 0.717) is 17.1 Å². The Labute approximate surface area is 207 Å². The van der Waals surface area contributed by atoms with Gasteiger partial charge in [-0.3, -0.25) is 9.59 Å². The number of hydrogen-bond donors (Lipinski definition) is 3. The molecule has 11 nitrogen and oxygen atoms in total. The van der Waals surface area contributed by atoms with E-state index in [-0.39, 0.29) is 23.4 Å². The Bertz CT molecular complexity index is 1160. The maximum atomic E-state index is 12.7. The summed E-state index contributed by atoms with van der Waals surface area (Å²) in [5.74, 6) is -1.15. The maximum absolute atomic E-state index is 12.7. The number of urea groups is 1. The van der Waals surface area contributed by atoms with Crippen molar-refractivity contribution in [3.63, 3.8) is 0 Å². The lowest BCUT2D eigenvalue weighted by Gasteiger charge is -2.29. The van der Waals surface area contributed by atoms with E-state index in [9.17, 15) is 19.2 Å². The lowest BCUT2D eigenvalue weighted by Crippen LogP contribution is -2.47. The van der Waals surface area contributed by atoms with Gasteiger partial charge in [-0.1, -0.05) is 30.3 Å². The molecule has 0 fully saturated rings. The highest BCUT2D eigenvalue weighted by atomic mass is 16.5. The topological polar surface area (TPSA) is 141 Å². The van der Waals surface area contributed by atoms with Crippen molar-refractivity contribution in [2.75, 3.05) is 34.0 Å². The lowest BCUT2D eigenvalue weighted by molar-refractivity contribution is -0.142. The summed E-state index contributed by atoms with van der Waals surface area (Å²) in [5.41, 5.74) is 1.11. The van der Waals surface area contributed by atoms with Crippen molar-refractivity contribution in [2.24, 2.45) is 0 Å². The summed E-state index contributed by atoms with van der Waals surface area (Å²) in [7, 11) is 2.92. The molecule has 0 bridgehead atoms. The first kappa shape index (κ1) is 26.1. The zero-order valence-electron chi connectivity index (χ0n) is 20.1. The number of rotatable bonds is 10. The summed E-state index contributed by atoms with van der Waals surface area (Å²) in [6.07, 6.45) is 0. The molecule has 1 aliphatic heterocycles. The van der Waals surface area contributed by atoms with E-state index >= 15 is 0 Å². The molecule has 3 N–H and O–H groups in total. The fourth-order valence-electron chi connectivity index (χ4n) is 3.51. The predicted molar refractivity (Wildman–Crippen MR) is 127 cm³/mol. The van der Waals surface area contributed by atoms with Gasteiger partial charge >= 0.3 is 18.0 Å². The third kappa shape index (κ3) is 6.32. The molecular weight excluding hydrogens is 470 g/mol. The highest BCUT2D eigenvalue weighted by Crippen LogP contribution is 2.28. The van der Waals surface area contributed by atoms with E-state index in [1.807, 2.05) is 0 Å². The molecule has 3 rings (SSSR count). The summed E-state index contributed by atoms with van der Waals surface area (Å²) in [5, 5.41) is 7.66. The van der Waals surface area contributed by atoms with Crippen LogP contribution in [0, 0.1) is 0 Å². The molecular formula is C25H27N3O8. The lowest BCUT2D eigenvalue weighted by atomic mass is 9.95. The van der Waals surface area contributed by atoms with Crippen LogP contribution in [-0.4, -0.2) is 57.9 Å². The Hall–Kier alpha value is -4.54. The van der Waals surface area contributed by atoms with Crippen molar-refractivity contribution in [1.29, 1.82) is 0 Å². The third-order valence-corrected chi connectivity index (χ3v) is 5.20. The van der Waals surface area contributed by atoms with Gasteiger partial charge in [0.25, 0.3) is 5.91 Å². The molecule has 0 radical (unpaired) electrons. The Morgan fingerprint density at radius 1 is 0.972 bits per heavy atom. The molecule has 0 saturated carbocycles. The second kappa shape index (κ2) is 12.2. The van der Waals surface area contributed by atoms with Gasteiger partial charge in [0.1, 0.15) is 13.2 Å². The van der Waals surface area contributed by atoms with Crippen LogP contribution in [0.2, 0.25) is 0 Å². The van der Waals surface area contributed by atoms with Gasteiger partial charge in [0.2, 0.25) is 0 Å². The van der Waals surface area contributed by atoms with Crippen LogP contribution in [0.4, 0.5) is 4.79 Å². The first-order valence-corrected chi connectivity index (χ1v) is 11.1. The van der Waals surface area contributed by atoms with Gasteiger partial charge in [0.05, 0.1) is 38.1 Å². The molecule has 1 unspecified atom stereocenters. The number of methoxy groups -OCH3 is 2. The monoisotopic (exact) mass is 497 g/mol. The standard InChI is InChI=1S/C25H27N3O8/c1-4-35-24(31)21-17(27-25(32)28-22(21)15-8-6-5-7-9-15)14-36-20(29)13-26-23(30)16-10-11-18(33-2)19(12-16)34-3/h5-12,22H,4,13-14H2,1-3H3,(H,26,30)(H2,27,28,32). The van der Waals surface area contributed by atoms with Crippen molar-refractivity contribution in [3.05, 3.63) is 70.9 Å². The molecule has 0 aromatic heterocycles. The van der Waals surface area contributed by atoms with Crippen molar-refractivity contribution in [1.82, 2.24) is 16.0 Å². The molecule has 36 heavy (non-hydrogen) atoms. The van der Waals surface area contributed by atoms with Crippen LogP contribution < -0.4 is 25.4 Å². The van der Waals surface area contributed by atoms with Crippen LogP contribution in [-0.2, 0) is 19.1 Å². The summed E-state index contributed by atoms with van der Waals surface area (Å²) in [6, 6.07) is 12.1. The largest absolute Gasteiger partial charge is 0.493 e. The Morgan fingerprint density at radius 2 is 1.69 bits per heavy atom. The molecule has 1 heterocycles. The van der Waals surface area contributed by atoms with Crippen molar-refractivity contribution in [2.45, 2.75) is 13.0 Å². The average molecular weight is 498 g/mol. The minimum Gasteiger partial charge on any atom is -0.493 e. The summed E-state index contributed by atoms with van der Waals surface area (Å²) in [4.78, 5) is 49.8. The summed E-state index contributed by atoms with van der Waals surface area (Å²) in [6.45, 7) is 0.929. The molecule has 1 atom stereocenters. The molecule has 2 aromatic carbocycles. The van der Waals surface area contributed by atoms with Crippen LogP contribution in [0.15, 0.2) is 59.8 Å². The van der Waals surface area contributed by atoms with E-state index in [1.54, 1.807) is 43.3 Å². The highest BCUT2D eigenvalue weighted by Gasteiger charge is 2.34. The highest BCUT2D eigenvalue weighted by molar-refractivity contribution is 5.97. The fraction of sp³-hybridized carbons (Fsp3) is 0.280. The Balaban J connectivity index is 1.69. The molecule has 2 aromatic rings. The zero-order valence-corrected chi connectivity index (χ0v) is 20.1. The maximum Gasteiger partial charge on any atom is 0.338 e. The summed E-state index contributed by atoms with van der Waals surface area (Å²) < 4.78 is 20.7. The first-order valence-electron chi connectivity index (χ1n) is 11.1. The minimum atomic E-state index is -0.794. The first-order chi connectivity index (χ1) is 17.4. The predicted octanol–water partition coefficient (Wildman–Crippen LogP) is 1.85. The third-order valence-electron chi connectivity index (χ3n) is 5.20. The number of nitrogens with one attached hydrogen (secondary N) is 3. The number of esters is 2. The second-order valence-corrected chi connectivity index (χ2v) is 7.47. The van der Waals surface area contributed by atoms with Crippen molar-refractivity contribution < 1.29 is 38.1 Å². The van der Waals surface area contributed by atoms with E-state index in [0.717, 1.165) is 0 Å². The van der Waals surface area contributed by atoms with Crippen molar-refractivity contribution in [3.8, 4) is 11.5 Å². The minimum absolute atomic E-state index is 0.0885. The second-order valence-electron chi connectivity index (χ2n) is 7.47. The number of carbonyl (C=O) groups is 4. The van der Waals surface area contributed by atoms with Crippen LogP contribution in [0.3, 0.4) is 0 Å². The zero-order chi connectivity index (χ0) is 26.1. The van der Waals surface area contributed by atoms with Gasteiger partial charge in [-0.15, -0.1) is 0 Å². The Morgan fingerprint density at radius 3 is 2.36 bits per heavy atom. The van der Waals surface area contributed by atoms with Gasteiger partial charge in [0.15, 0.2) is 11.5 Å². The van der Waals surface area contributed by atoms with Crippen LogP contribution >= 0.6 is 0 Å². The van der Waals surface area contributed by atoms with Gasteiger partial charge < -0.3 is 34.9 Å². The molecule has 3 amide bonds. The molecule has 0 spiro atoms. The number of ether oxygens (including phenoxy) is 4. The molecule has 0 aliphatic carbocycles. The average Bonchev–Trinajstić information content (AvgIpc) is 2.90. The van der Waals surface area contributed by atoms with E-state index < -0.39 is 43.1 Å².